The van der Waals surface area contributed by atoms with Gasteiger partial charge in [-0.05, 0) is 53.6 Å². The van der Waals surface area contributed by atoms with Crippen LogP contribution in [-0.4, -0.2) is 68.6 Å². The second-order valence-electron chi connectivity index (χ2n) is 9.29. The van der Waals surface area contributed by atoms with E-state index in [0.717, 1.165) is 22.1 Å². The minimum Gasteiger partial charge on any atom is -0.383 e. The largest absolute Gasteiger partial charge is 0.416 e. The van der Waals surface area contributed by atoms with Crippen molar-refractivity contribution < 1.29 is 27.5 Å². The molecule has 2 amide bonds. The first-order valence-corrected chi connectivity index (χ1v) is 11.7. The third kappa shape index (κ3) is 6.46. The van der Waals surface area contributed by atoms with Gasteiger partial charge in [0, 0.05) is 63.6 Å². The number of halogens is 3. The van der Waals surface area contributed by atoms with Crippen LogP contribution >= 0.6 is 0 Å². The van der Waals surface area contributed by atoms with Gasteiger partial charge in [-0.25, -0.2) is 0 Å². The number of benzene rings is 2. The highest BCUT2D eigenvalue weighted by Gasteiger charge is 2.35. The van der Waals surface area contributed by atoms with Crippen molar-refractivity contribution in [1.82, 2.24) is 15.1 Å². The molecule has 0 aromatic heterocycles. The lowest BCUT2D eigenvalue weighted by molar-refractivity contribution is -0.138. The Morgan fingerprint density at radius 3 is 2.53 bits per heavy atom. The molecule has 2 aromatic carbocycles. The molecule has 2 aromatic rings. The van der Waals surface area contributed by atoms with E-state index in [9.17, 15) is 22.8 Å². The summed E-state index contributed by atoms with van der Waals surface area (Å²) in [6.45, 7) is 9.73. The average Bonchev–Trinajstić information content (AvgIpc) is 2.77. The van der Waals surface area contributed by atoms with Gasteiger partial charge in [-0.15, -0.1) is 0 Å². The second kappa shape index (κ2) is 11.2. The maximum absolute atomic E-state index is 13.2. The zero-order chi connectivity index (χ0) is 26.6. The maximum atomic E-state index is 13.2. The number of aryl methyl sites for hydroxylation is 2. The number of hydrogen-bond donors (Lipinski definition) is 1. The Bertz CT molecular complexity index is 1240. The molecule has 6 nitrogen and oxygen atoms in total. The summed E-state index contributed by atoms with van der Waals surface area (Å²) in [5, 5.41) is 4.42. The fraction of sp³-hybridized carbons (Fsp3) is 0.407. The Balaban J connectivity index is 1.63. The highest BCUT2D eigenvalue weighted by atomic mass is 19.4. The smallest absolute Gasteiger partial charge is 0.383 e. The lowest BCUT2D eigenvalue weighted by atomic mass is 9.97. The summed E-state index contributed by atoms with van der Waals surface area (Å²) < 4.78 is 44.6. The van der Waals surface area contributed by atoms with Crippen molar-refractivity contribution >= 4 is 24.6 Å². The van der Waals surface area contributed by atoms with Crippen molar-refractivity contribution in [3.05, 3.63) is 68.6 Å². The number of carbonyl (C=O) groups is 2. The molecule has 1 saturated heterocycles. The minimum atomic E-state index is -4.50. The molecule has 36 heavy (non-hydrogen) atoms. The van der Waals surface area contributed by atoms with Crippen LogP contribution < -0.4 is 15.8 Å². The van der Waals surface area contributed by atoms with E-state index in [1.165, 1.54) is 19.1 Å². The molecule has 1 fully saturated rings. The molecule has 1 aliphatic rings. The van der Waals surface area contributed by atoms with E-state index in [1.807, 2.05) is 37.2 Å². The van der Waals surface area contributed by atoms with E-state index >= 15 is 0 Å². The molecule has 1 aliphatic heterocycles. The van der Waals surface area contributed by atoms with Crippen LogP contribution in [0.4, 0.5) is 13.2 Å². The van der Waals surface area contributed by atoms with Crippen LogP contribution in [0.25, 0.3) is 12.8 Å². The van der Waals surface area contributed by atoms with Gasteiger partial charge in [-0.3, -0.25) is 9.59 Å². The third-order valence-electron chi connectivity index (χ3n) is 6.26. The summed E-state index contributed by atoms with van der Waals surface area (Å²) in [5.41, 5.74) is 0.745. The van der Waals surface area contributed by atoms with Crippen LogP contribution in [0, 0.1) is 19.8 Å². The number of alkyl halides is 3. The number of nitrogens with one attached hydrogen (secondary N) is 1. The first-order valence-electron chi connectivity index (χ1n) is 11.7. The van der Waals surface area contributed by atoms with E-state index in [-0.39, 0.29) is 23.0 Å². The molecule has 0 aliphatic carbocycles. The summed E-state index contributed by atoms with van der Waals surface area (Å²) >= 11 is 0. The number of ether oxygens (including phenoxy) is 1. The van der Waals surface area contributed by atoms with Crippen LogP contribution in [0.1, 0.15) is 37.4 Å². The third-order valence-corrected chi connectivity index (χ3v) is 6.26. The molecular formula is C27H32F3N3O3. The van der Waals surface area contributed by atoms with Gasteiger partial charge in [0.1, 0.15) is 0 Å². The number of amides is 2. The van der Waals surface area contributed by atoms with Gasteiger partial charge in [0.15, 0.2) is 0 Å². The molecule has 3 rings (SSSR count). The monoisotopic (exact) mass is 503 g/mol. The maximum Gasteiger partial charge on any atom is 0.416 e. The predicted octanol–water partition coefficient (Wildman–Crippen LogP) is 2.55. The highest BCUT2D eigenvalue weighted by Crippen LogP contribution is 2.33. The van der Waals surface area contributed by atoms with E-state index in [0.29, 0.717) is 38.3 Å². The van der Waals surface area contributed by atoms with E-state index in [1.54, 1.807) is 12.0 Å². The lowest BCUT2D eigenvalue weighted by Crippen LogP contribution is -2.53. The van der Waals surface area contributed by atoms with Gasteiger partial charge in [0.25, 0.3) is 11.8 Å². The zero-order valence-corrected chi connectivity index (χ0v) is 21.0. The minimum absolute atomic E-state index is 0.0453. The summed E-state index contributed by atoms with van der Waals surface area (Å²) in [4.78, 5) is 28.8. The van der Waals surface area contributed by atoms with Crippen LogP contribution in [0.2, 0.25) is 0 Å². The number of carbonyl (C=O) groups excluding carboxylic acids is 2. The molecule has 0 atom stereocenters. The summed E-state index contributed by atoms with van der Waals surface area (Å²) in [7, 11) is 3.47. The Morgan fingerprint density at radius 1 is 1.19 bits per heavy atom. The second-order valence-corrected chi connectivity index (χ2v) is 9.29. The van der Waals surface area contributed by atoms with Crippen molar-refractivity contribution in [3.8, 4) is 0 Å². The number of rotatable bonds is 8. The van der Waals surface area contributed by atoms with Gasteiger partial charge in [-0.1, -0.05) is 18.7 Å². The normalized spacial score (nSPS) is 14.5. The van der Waals surface area contributed by atoms with Crippen molar-refractivity contribution in [2.45, 2.75) is 20.0 Å². The molecule has 0 spiro atoms. The molecule has 0 saturated carbocycles. The van der Waals surface area contributed by atoms with Gasteiger partial charge < -0.3 is 19.9 Å². The first-order chi connectivity index (χ1) is 16.9. The molecule has 0 bridgehead atoms. The molecule has 0 unspecified atom stereocenters. The Hall–Kier alpha value is -3.33. The zero-order valence-electron chi connectivity index (χ0n) is 21.0. The topological polar surface area (TPSA) is 61.9 Å². The van der Waals surface area contributed by atoms with Gasteiger partial charge in [0.2, 0.25) is 0 Å². The predicted molar refractivity (Wildman–Crippen MR) is 133 cm³/mol. The Morgan fingerprint density at radius 2 is 1.89 bits per heavy atom. The fourth-order valence-corrected chi connectivity index (χ4v) is 4.30. The number of methoxy groups -OCH3 is 1. The lowest BCUT2D eigenvalue weighted by Gasteiger charge is -2.41. The summed E-state index contributed by atoms with van der Waals surface area (Å²) in [6, 6.07) is 7.38. The number of likely N-dealkylation sites (tertiary alicyclic amines) is 1. The van der Waals surface area contributed by atoms with Crippen molar-refractivity contribution in [1.29, 1.82) is 0 Å². The molecule has 194 valence electrons. The van der Waals surface area contributed by atoms with Crippen molar-refractivity contribution in [2.24, 2.45) is 5.92 Å². The van der Waals surface area contributed by atoms with E-state index < -0.39 is 17.6 Å². The van der Waals surface area contributed by atoms with E-state index in [2.05, 4.69) is 11.9 Å². The summed E-state index contributed by atoms with van der Waals surface area (Å²) in [6.07, 6.45) is -2.59. The standard InChI is InChI=1S/C27H32F3N3O3/c1-17-6-7-21(12-24(17)27(28,29)30)26(35)33-14-20(15-33)13-32(4)16-22-11-23(19(3)10-18(22)2)25(34)31-8-9-36-5/h6-7,10-12,16,20H,2,8-9,13-15H2,1,3-5H3,(H,31,34)/b22-16-. The molecule has 1 heterocycles. The molecule has 0 radical (unpaired) electrons. The Labute approximate surface area is 209 Å². The van der Waals surface area contributed by atoms with Gasteiger partial charge in [0.05, 0.1) is 12.2 Å². The number of hydrogen-bond acceptors (Lipinski definition) is 4. The number of nitrogens with zero attached hydrogens (tertiary/aromatic N) is 2. The van der Waals surface area contributed by atoms with Crippen molar-refractivity contribution in [2.75, 3.05) is 46.9 Å². The fourth-order valence-electron chi connectivity index (χ4n) is 4.30. The SMILES string of the molecule is C=c1cc(C)c(C(=O)NCCOC)c/c1=C/N(C)CC1CN(C(=O)c2ccc(C)c(C(F)(F)F)c2)C1. The van der Waals surface area contributed by atoms with E-state index in [4.69, 9.17) is 4.74 Å². The van der Waals surface area contributed by atoms with Gasteiger partial charge in [-0.2, -0.15) is 13.2 Å². The highest BCUT2D eigenvalue weighted by molar-refractivity contribution is 5.96. The van der Waals surface area contributed by atoms with Gasteiger partial charge >= 0.3 is 6.18 Å². The average molecular weight is 504 g/mol. The molecule has 9 heteroatoms. The van der Waals surface area contributed by atoms with Crippen LogP contribution in [0.15, 0.2) is 30.3 Å². The van der Waals surface area contributed by atoms with Crippen LogP contribution in [0.5, 0.6) is 0 Å². The molecule has 1 N–H and O–H groups in total. The Kier molecular flexibility index (Phi) is 8.45. The quantitative estimate of drug-likeness (QED) is 0.563. The first kappa shape index (κ1) is 27.3. The van der Waals surface area contributed by atoms with Crippen molar-refractivity contribution in [3.63, 3.8) is 0 Å². The van der Waals surface area contributed by atoms with Crippen LogP contribution in [-0.2, 0) is 10.9 Å². The summed E-state index contributed by atoms with van der Waals surface area (Å²) in [5.74, 6) is -0.399. The molecular weight excluding hydrogens is 471 g/mol. The van der Waals surface area contributed by atoms with Crippen LogP contribution in [0.3, 0.4) is 0 Å².